The molecule has 1 spiro atoms. The van der Waals surface area contributed by atoms with Crippen molar-refractivity contribution in [1.82, 2.24) is 15.1 Å². The third kappa shape index (κ3) is 4.64. The Labute approximate surface area is 166 Å². The highest BCUT2D eigenvalue weighted by Gasteiger charge is 2.45. The molecule has 7 nitrogen and oxygen atoms in total. The first kappa shape index (κ1) is 20.2. The number of nitrogens with one attached hydrogen (secondary N) is 1. The Morgan fingerprint density at radius 3 is 2.68 bits per heavy atom. The molecule has 0 aliphatic carbocycles. The number of nitrogens with zero attached hydrogens (tertiary/aromatic N) is 2. The van der Waals surface area contributed by atoms with Crippen molar-refractivity contribution in [3.63, 3.8) is 0 Å². The number of rotatable bonds is 5. The van der Waals surface area contributed by atoms with Crippen LogP contribution in [0.1, 0.15) is 44.6 Å². The topological polar surface area (TPSA) is 79.0 Å². The highest BCUT2D eigenvalue weighted by molar-refractivity contribution is 5.83. The number of hydrogen-bond acceptors (Lipinski definition) is 4. The van der Waals surface area contributed by atoms with Gasteiger partial charge in [0.1, 0.15) is 13.2 Å². The predicted molar refractivity (Wildman–Crippen MR) is 104 cm³/mol. The van der Waals surface area contributed by atoms with Crippen LogP contribution in [-0.2, 0) is 20.9 Å². The summed E-state index contributed by atoms with van der Waals surface area (Å²) in [6.07, 6.45) is 3.60. The van der Waals surface area contributed by atoms with Gasteiger partial charge in [-0.2, -0.15) is 0 Å². The van der Waals surface area contributed by atoms with Crippen molar-refractivity contribution in [2.45, 2.75) is 51.2 Å². The van der Waals surface area contributed by atoms with E-state index in [2.05, 4.69) is 5.32 Å². The summed E-state index contributed by atoms with van der Waals surface area (Å²) in [6.45, 7) is 3.95. The molecule has 0 bridgehead atoms. The Morgan fingerprint density at radius 1 is 1.18 bits per heavy atom. The minimum Gasteiger partial charge on any atom is -0.445 e. The summed E-state index contributed by atoms with van der Waals surface area (Å²) in [5.74, 6) is 0.0514. The zero-order valence-electron chi connectivity index (χ0n) is 16.5. The highest BCUT2D eigenvalue weighted by Crippen LogP contribution is 2.36. The van der Waals surface area contributed by atoms with Gasteiger partial charge in [0, 0.05) is 26.1 Å². The average Bonchev–Trinajstić information content (AvgIpc) is 2.71. The first-order valence-electron chi connectivity index (χ1n) is 10.1. The fourth-order valence-electron chi connectivity index (χ4n) is 4.40. The molecule has 1 aromatic rings. The van der Waals surface area contributed by atoms with Crippen LogP contribution in [0.25, 0.3) is 0 Å². The van der Waals surface area contributed by atoms with Crippen molar-refractivity contribution in [2.24, 2.45) is 0 Å². The maximum atomic E-state index is 12.6. The van der Waals surface area contributed by atoms with E-state index in [9.17, 15) is 14.4 Å². The van der Waals surface area contributed by atoms with E-state index in [0.717, 1.165) is 31.2 Å². The number of ether oxygens (including phenoxy) is 1. The monoisotopic (exact) mass is 387 g/mol. The van der Waals surface area contributed by atoms with Crippen molar-refractivity contribution in [1.29, 1.82) is 0 Å². The summed E-state index contributed by atoms with van der Waals surface area (Å²) >= 11 is 0. The molecular weight excluding hydrogens is 358 g/mol. The Balaban J connectivity index is 1.50. The van der Waals surface area contributed by atoms with Crippen LogP contribution in [0.2, 0.25) is 0 Å². The molecule has 152 valence electrons. The van der Waals surface area contributed by atoms with Crippen LogP contribution in [0.15, 0.2) is 30.3 Å². The second-order valence-corrected chi connectivity index (χ2v) is 7.55. The molecule has 7 heteroatoms. The lowest BCUT2D eigenvalue weighted by Gasteiger charge is -2.51. The van der Waals surface area contributed by atoms with Gasteiger partial charge in [0.25, 0.3) is 0 Å². The number of likely N-dealkylation sites (tertiary alicyclic amines) is 2. The predicted octanol–water partition coefficient (Wildman–Crippen LogP) is 2.31. The van der Waals surface area contributed by atoms with E-state index < -0.39 is 6.09 Å². The molecule has 3 rings (SSSR count). The van der Waals surface area contributed by atoms with Gasteiger partial charge in [0.15, 0.2) is 0 Å². The van der Waals surface area contributed by atoms with Crippen LogP contribution in [-0.4, -0.2) is 59.4 Å². The molecule has 2 heterocycles. The molecule has 2 aliphatic heterocycles. The molecule has 0 aromatic heterocycles. The third-order valence-electron chi connectivity index (χ3n) is 5.73. The zero-order chi connectivity index (χ0) is 20.0. The van der Waals surface area contributed by atoms with Gasteiger partial charge in [0.05, 0.1) is 5.54 Å². The van der Waals surface area contributed by atoms with Crippen molar-refractivity contribution in [3.05, 3.63) is 35.9 Å². The van der Waals surface area contributed by atoms with Crippen LogP contribution >= 0.6 is 0 Å². The number of amides is 3. The fraction of sp³-hybridized carbons (Fsp3) is 0.571. The van der Waals surface area contributed by atoms with Crippen molar-refractivity contribution < 1.29 is 19.1 Å². The standard InChI is InChI=1S/C21H29N3O4/c1-2-24-18(25)10-6-11-21(24)12-7-13-23(16-21)19(26)14-22-20(27)28-15-17-8-4-3-5-9-17/h3-5,8-9H,2,6-7,10-16H2,1H3,(H,22,27)/t21-/m1/s1. The number of carbonyl (C=O) groups excluding carboxylic acids is 3. The molecule has 0 unspecified atom stereocenters. The Bertz CT molecular complexity index is 705. The average molecular weight is 387 g/mol. The summed E-state index contributed by atoms with van der Waals surface area (Å²) in [5.41, 5.74) is 0.648. The van der Waals surface area contributed by atoms with Crippen LogP contribution < -0.4 is 5.32 Å². The summed E-state index contributed by atoms with van der Waals surface area (Å²) in [4.78, 5) is 40.6. The number of alkyl carbamates (subject to hydrolysis) is 1. The number of benzene rings is 1. The molecular formula is C21H29N3O4. The molecule has 0 radical (unpaired) electrons. The minimum atomic E-state index is -0.605. The Hall–Kier alpha value is -2.57. The summed E-state index contributed by atoms with van der Waals surface area (Å²) < 4.78 is 5.15. The molecule has 1 N–H and O–H groups in total. The van der Waals surface area contributed by atoms with Gasteiger partial charge < -0.3 is 19.9 Å². The normalized spacial score (nSPS) is 22.2. The van der Waals surface area contributed by atoms with Gasteiger partial charge in [-0.25, -0.2) is 4.79 Å². The lowest BCUT2D eigenvalue weighted by molar-refractivity contribution is -0.149. The minimum absolute atomic E-state index is 0.0935. The number of likely N-dealkylation sites (N-methyl/N-ethyl adjacent to an activating group) is 1. The van der Waals surface area contributed by atoms with Gasteiger partial charge in [0.2, 0.25) is 11.8 Å². The number of hydrogen-bond donors (Lipinski definition) is 1. The van der Waals surface area contributed by atoms with Crippen molar-refractivity contribution in [2.75, 3.05) is 26.2 Å². The maximum absolute atomic E-state index is 12.6. The summed E-state index contributed by atoms with van der Waals surface area (Å²) in [7, 11) is 0. The van der Waals surface area contributed by atoms with E-state index in [4.69, 9.17) is 4.74 Å². The Morgan fingerprint density at radius 2 is 1.93 bits per heavy atom. The van der Waals surface area contributed by atoms with Gasteiger partial charge in [-0.1, -0.05) is 30.3 Å². The number of piperidine rings is 2. The van der Waals surface area contributed by atoms with E-state index in [1.54, 1.807) is 4.90 Å². The van der Waals surface area contributed by atoms with Gasteiger partial charge in [-0.3, -0.25) is 9.59 Å². The smallest absolute Gasteiger partial charge is 0.407 e. The molecule has 2 fully saturated rings. The lowest BCUT2D eigenvalue weighted by atomic mass is 9.79. The molecule has 28 heavy (non-hydrogen) atoms. The summed E-state index contributed by atoms with van der Waals surface area (Å²) in [5, 5.41) is 2.54. The van der Waals surface area contributed by atoms with Crippen molar-refractivity contribution in [3.8, 4) is 0 Å². The quantitative estimate of drug-likeness (QED) is 0.841. The second-order valence-electron chi connectivity index (χ2n) is 7.55. The van der Waals surface area contributed by atoms with E-state index >= 15 is 0 Å². The third-order valence-corrected chi connectivity index (χ3v) is 5.73. The van der Waals surface area contributed by atoms with E-state index in [1.807, 2.05) is 42.2 Å². The largest absolute Gasteiger partial charge is 0.445 e. The zero-order valence-corrected chi connectivity index (χ0v) is 16.5. The van der Waals surface area contributed by atoms with Crippen LogP contribution in [0, 0.1) is 0 Å². The molecule has 0 saturated carbocycles. The van der Waals surface area contributed by atoms with Gasteiger partial charge in [-0.15, -0.1) is 0 Å². The molecule has 1 aromatic carbocycles. The maximum Gasteiger partial charge on any atom is 0.407 e. The molecule has 2 saturated heterocycles. The van der Waals surface area contributed by atoms with Crippen LogP contribution in [0.3, 0.4) is 0 Å². The van der Waals surface area contributed by atoms with E-state index in [1.165, 1.54) is 0 Å². The Kier molecular flexibility index (Phi) is 6.54. The van der Waals surface area contributed by atoms with Crippen LogP contribution in [0.4, 0.5) is 4.79 Å². The lowest BCUT2D eigenvalue weighted by Crippen LogP contribution is -2.63. The SMILES string of the molecule is CCN1C(=O)CCC[C@]12CCCN(C(=O)CNC(=O)OCc1ccccc1)C2. The van der Waals surface area contributed by atoms with Gasteiger partial charge >= 0.3 is 6.09 Å². The first-order valence-corrected chi connectivity index (χ1v) is 10.1. The first-order chi connectivity index (χ1) is 13.5. The van der Waals surface area contributed by atoms with Gasteiger partial charge in [-0.05, 0) is 38.2 Å². The molecule has 1 atom stereocenters. The molecule has 2 aliphatic rings. The van der Waals surface area contributed by atoms with Crippen LogP contribution in [0.5, 0.6) is 0 Å². The second kappa shape index (κ2) is 9.08. The van der Waals surface area contributed by atoms with E-state index in [-0.39, 0.29) is 30.5 Å². The van der Waals surface area contributed by atoms with E-state index in [0.29, 0.717) is 26.1 Å². The fourth-order valence-corrected chi connectivity index (χ4v) is 4.40. The van der Waals surface area contributed by atoms with Crippen molar-refractivity contribution >= 4 is 17.9 Å². The number of carbonyl (C=O) groups is 3. The molecule has 3 amide bonds. The summed E-state index contributed by atoms with van der Waals surface area (Å²) in [6, 6.07) is 9.39. The highest BCUT2D eigenvalue weighted by atomic mass is 16.5.